The average molecular weight is 615 g/mol. The van der Waals surface area contributed by atoms with Crippen molar-refractivity contribution in [2.24, 2.45) is 0 Å². The Hall–Kier alpha value is -4.79. The van der Waals surface area contributed by atoms with E-state index in [1.54, 1.807) is 43.8 Å². The number of benzene rings is 3. The minimum Gasteiger partial charge on any atom is -0.426 e. The van der Waals surface area contributed by atoms with Crippen molar-refractivity contribution in [1.82, 2.24) is 14.8 Å². The molecule has 3 aromatic carbocycles. The number of esters is 1. The van der Waals surface area contributed by atoms with Gasteiger partial charge in [0.05, 0.1) is 28.9 Å². The highest BCUT2D eigenvalue weighted by Crippen LogP contribution is 2.41. The lowest BCUT2D eigenvalue weighted by molar-refractivity contribution is -0.689. The summed E-state index contributed by atoms with van der Waals surface area (Å²) >= 11 is 1.32. The van der Waals surface area contributed by atoms with Crippen LogP contribution >= 0.6 is 11.3 Å². The number of aryl methyl sites for hydroxylation is 2. The molecule has 5 rings (SSSR count). The second-order valence-electron chi connectivity index (χ2n) is 10.8. The largest absolute Gasteiger partial charge is 0.426 e. The van der Waals surface area contributed by atoms with E-state index in [1.165, 1.54) is 29.0 Å². The summed E-state index contributed by atoms with van der Waals surface area (Å²) < 4.78 is 37.8. The van der Waals surface area contributed by atoms with Crippen molar-refractivity contribution in [2.45, 2.75) is 52.3 Å². The molecule has 5 aromatic rings. The van der Waals surface area contributed by atoms with Crippen LogP contribution in [0.25, 0.3) is 11.3 Å². The topological polar surface area (TPSA) is 105 Å². The van der Waals surface area contributed by atoms with Gasteiger partial charge in [-0.1, -0.05) is 25.1 Å². The van der Waals surface area contributed by atoms with E-state index in [2.05, 4.69) is 11.2 Å². The number of hydrogen-bond acceptors (Lipinski definition) is 7. The predicted octanol–water partition coefficient (Wildman–Crippen LogP) is 5.73. The van der Waals surface area contributed by atoms with E-state index in [0.717, 1.165) is 34.4 Å². The summed E-state index contributed by atoms with van der Waals surface area (Å²) in [5, 5.41) is 28.1. The van der Waals surface area contributed by atoms with Gasteiger partial charge in [0.1, 0.15) is 29.5 Å². The first-order valence-corrected chi connectivity index (χ1v) is 14.7. The number of ether oxygens (including phenoxy) is 1. The van der Waals surface area contributed by atoms with Crippen LogP contribution in [0.15, 0.2) is 72.6 Å². The Morgan fingerprint density at radius 2 is 1.86 bits per heavy atom. The standard InChI is InChI=1S/C33H30F2N5O3S/c1-20-11-25(12-21(2)31(20)43-23(4)41)15-39-18-37-40(19-39)17-33(42,28-10-9-27(34)13-29(28)35)22(3)32-38-30(16-44-32)26-7-5-24(14-36)6-8-26/h5-13,16,18-19,22,42H,15,17H2,1-4H3/q+1/t22-,33+/m0/s1. The Kier molecular flexibility index (Phi) is 8.67. The molecular formula is C33H30F2N5O3S+. The number of nitriles is 1. The number of carbonyl (C=O) groups is 1. The van der Waals surface area contributed by atoms with Gasteiger partial charge >= 0.3 is 5.97 Å². The number of aromatic nitrogens is 4. The van der Waals surface area contributed by atoms with Crippen LogP contribution in [0, 0.1) is 36.8 Å². The normalized spacial score (nSPS) is 13.2. The van der Waals surface area contributed by atoms with Gasteiger partial charge in [-0.05, 0) is 60.9 Å². The van der Waals surface area contributed by atoms with Gasteiger partial charge < -0.3 is 9.84 Å². The third kappa shape index (κ3) is 6.41. The number of carbonyl (C=O) groups excluding carboxylic acids is 1. The minimum atomic E-state index is -1.85. The molecule has 0 unspecified atom stereocenters. The van der Waals surface area contributed by atoms with Crippen molar-refractivity contribution in [3.05, 3.63) is 117 Å². The average Bonchev–Trinajstić information content (AvgIpc) is 3.64. The highest BCUT2D eigenvalue weighted by molar-refractivity contribution is 7.10. The van der Waals surface area contributed by atoms with E-state index < -0.39 is 23.2 Å². The summed E-state index contributed by atoms with van der Waals surface area (Å²) in [6.07, 6.45) is 3.30. The molecule has 0 radical (unpaired) electrons. The molecule has 2 atom stereocenters. The molecule has 0 fully saturated rings. The van der Waals surface area contributed by atoms with Crippen LogP contribution in [0.4, 0.5) is 8.78 Å². The van der Waals surface area contributed by atoms with Gasteiger partial charge in [-0.25, -0.2) is 18.3 Å². The lowest BCUT2D eigenvalue weighted by atomic mass is 9.82. The van der Waals surface area contributed by atoms with Crippen molar-refractivity contribution >= 4 is 17.3 Å². The van der Waals surface area contributed by atoms with Gasteiger partial charge in [-0.2, -0.15) is 5.26 Å². The molecule has 11 heteroatoms. The summed E-state index contributed by atoms with van der Waals surface area (Å²) in [5.41, 5.74) is 2.66. The first-order valence-electron chi connectivity index (χ1n) is 13.8. The van der Waals surface area contributed by atoms with Gasteiger partial charge in [0.15, 0.2) is 0 Å². The van der Waals surface area contributed by atoms with E-state index in [0.29, 0.717) is 28.6 Å². The van der Waals surface area contributed by atoms with Crippen LogP contribution in [0.3, 0.4) is 0 Å². The maximum Gasteiger partial charge on any atom is 0.308 e. The molecule has 0 spiro atoms. The first-order chi connectivity index (χ1) is 21.0. The van der Waals surface area contributed by atoms with Crippen LogP contribution in [0.2, 0.25) is 0 Å². The molecule has 0 aliphatic rings. The monoisotopic (exact) mass is 614 g/mol. The van der Waals surface area contributed by atoms with E-state index in [9.17, 15) is 14.3 Å². The zero-order chi connectivity index (χ0) is 31.6. The Bertz CT molecular complexity index is 1860. The van der Waals surface area contributed by atoms with Crippen LogP contribution in [0.5, 0.6) is 5.75 Å². The molecule has 8 nitrogen and oxygen atoms in total. The smallest absolute Gasteiger partial charge is 0.308 e. The highest BCUT2D eigenvalue weighted by Gasteiger charge is 2.43. The van der Waals surface area contributed by atoms with Crippen LogP contribution in [0.1, 0.15) is 52.6 Å². The molecule has 44 heavy (non-hydrogen) atoms. The molecule has 0 aliphatic heterocycles. The maximum absolute atomic E-state index is 15.2. The summed E-state index contributed by atoms with van der Waals surface area (Å²) in [7, 11) is 0. The number of hydrogen-bond donors (Lipinski definition) is 1. The maximum atomic E-state index is 15.2. The fraction of sp³-hybridized carbons (Fsp3) is 0.242. The number of nitrogens with zero attached hydrogens (tertiary/aromatic N) is 5. The SMILES string of the molecule is CC(=O)Oc1c(C)cc(C[n+]2cnn(C[C@](O)(c3ccc(F)cc3F)[C@@H](C)c3nc(-c4ccc(C#N)cc4)cs3)c2)cc1C. The first kappa shape index (κ1) is 30.7. The Morgan fingerprint density at radius 3 is 2.50 bits per heavy atom. The summed E-state index contributed by atoms with van der Waals surface area (Å²) in [4.78, 5) is 16.2. The zero-order valence-corrected chi connectivity index (χ0v) is 25.4. The van der Waals surface area contributed by atoms with Gasteiger partial charge in [-0.15, -0.1) is 16.0 Å². The van der Waals surface area contributed by atoms with Crippen molar-refractivity contribution in [3.8, 4) is 23.1 Å². The molecule has 224 valence electrons. The number of thiazole rings is 1. The fourth-order valence-electron chi connectivity index (χ4n) is 5.26. The van der Waals surface area contributed by atoms with Crippen molar-refractivity contribution in [1.29, 1.82) is 5.26 Å². The summed E-state index contributed by atoms with van der Waals surface area (Å²) in [6.45, 7) is 7.15. The van der Waals surface area contributed by atoms with Crippen LogP contribution in [-0.2, 0) is 23.5 Å². The van der Waals surface area contributed by atoms with E-state index in [1.807, 2.05) is 35.9 Å². The zero-order valence-electron chi connectivity index (χ0n) is 24.6. The van der Waals surface area contributed by atoms with E-state index >= 15 is 4.39 Å². The number of rotatable bonds is 9. The van der Waals surface area contributed by atoms with Gasteiger partial charge in [0.2, 0.25) is 6.33 Å². The van der Waals surface area contributed by atoms with E-state index in [-0.39, 0.29) is 18.1 Å². The third-order valence-electron chi connectivity index (χ3n) is 7.48. The molecule has 2 heterocycles. The van der Waals surface area contributed by atoms with Crippen LogP contribution < -0.4 is 9.30 Å². The molecule has 0 aliphatic carbocycles. The lowest BCUT2D eigenvalue weighted by Gasteiger charge is -2.32. The summed E-state index contributed by atoms with van der Waals surface area (Å²) in [5.74, 6) is -2.19. The Labute approximate surface area is 257 Å². The minimum absolute atomic E-state index is 0.0733. The molecule has 1 N–H and O–H groups in total. The van der Waals surface area contributed by atoms with Gasteiger partial charge in [-0.3, -0.25) is 4.79 Å². The molecule has 0 bridgehead atoms. The van der Waals surface area contributed by atoms with Crippen molar-refractivity contribution in [3.63, 3.8) is 0 Å². The van der Waals surface area contributed by atoms with E-state index in [4.69, 9.17) is 15.0 Å². The second-order valence-corrected chi connectivity index (χ2v) is 11.7. The highest BCUT2D eigenvalue weighted by atomic mass is 32.1. The molecule has 0 saturated heterocycles. The fourth-order valence-corrected chi connectivity index (χ4v) is 6.23. The summed E-state index contributed by atoms with van der Waals surface area (Å²) in [6, 6.07) is 16.1. The van der Waals surface area contributed by atoms with Gasteiger partial charge in [0.25, 0.3) is 6.33 Å². The Morgan fingerprint density at radius 1 is 1.16 bits per heavy atom. The lowest BCUT2D eigenvalue weighted by Crippen LogP contribution is -2.39. The number of aliphatic hydroxyl groups is 1. The molecule has 0 amide bonds. The predicted molar refractivity (Wildman–Crippen MR) is 160 cm³/mol. The molecular weight excluding hydrogens is 584 g/mol. The molecule has 2 aromatic heterocycles. The van der Waals surface area contributed by atoms with Crippen LogP contribution in [-0.4, -0.2) is 25.8 Å². The quantitative estimate of drug-likeness (QED) is 0.129. The number of halogens is 2. The second kappa shape index (κ2) is 12.4. The van der Waals surface area contributed by atoms with Crippen molar-refractivity contribution < 1.29 is 28.0 Å². The van der Waals surface area contributed by atoms with Gasteiger partial charge in [0, 0.05) is 40.5 Å². The van der Waals surface area contributed by atoms with Crippen molar-refractivity contribution in [2.75, 3.05) is 0 Å². The third-order valence-corrected chi connectivity index (χ3v) is 8.51. The molecule has 0 saturated carbocycles. The Balaban J connectivity index is 1.44.